The zero-order valence-corrected chi connectivity index (χ0v) is 7.27. The number of aromatic hydroxyl groups is 1. The Morgan fingerprint density at radius 1 is 1.38 bits per heavy atom. The number of hydrogen-bond acceptors (Lipinski definition) is 1. The van der Waals surface area contributed by atoms with Crippen molar-refractivity contribution in [1.29, 1.82) is 0 Å². The van der Waals surface area contributed by atoms with E-state index in [1.54, 1.807) is 18.2 Å². The highest BCUT2D eigenvalue weighted by molar-refractivity contribution is 6.35. The lowest BCUT2D eigenvalue weighted by Crippen LogP contribution is -1.81. The first-order valence-electron chi connectivity index (χ1n) is 3.67. The van der Waals surface area contributed by atoms with Crippen molar-refractivity contribution in [3.63, 3.8) is 0 Å². The van der Waals surface area contributed by atoms with Crippen LogP contribution in [0.25, 0.3) is 10.8 Å². The summed E-state index contributed by atoms with van der Waals surface area (Å²) < 4.78 is 13.2. The predicted octanol–water partition coefficient (Wildman–Crippen LogP) is 3.14. The third-order valence-electron chi connectivity index (χ3n) is 1.83. The van der Waals surface area contributed by atoms with E-state index in [9.17, 15) is 4.39 Å². The summed E-state index contributed by atoms with van der Waals surface area (Å²) in [5, 5.41) is 10.3. The van der Waals surface area contributed by atoms with E-state index in [2.05, 4.69) is 6.07 Å². The van der Waals surface area contributed by atoms with Crippen LogP contribution in [0.15, 0.2) is 24.3 Å². The molecule has 0 heterocycles. The fourth-order valence-electron chi connectivity index (χ4n) is 1.20. The van der Waals surface area contributed by atoms with Gasteiger partial charge in [-0.2, -0.15) is 0 Å². The highest BCUT2D eigenvalue weighted by Crippen LogP contribution is 2.29. The van der Waals surface area contributed by atoms with Gasteiger partial charge in [-0.1, -0.05) is 23.7 Å². The molecule has 0 amide bonds. The monoisotopic (exact) mass is 195 g/mol. The summed E-state index contributed by atoms with van der Waals surface area (Å²) in [5.41, 5.74) is 0. The lowest BCUT2D eigenvalue weighted by Gasteiger charge is -2.01. The van der Waals surface area contributed by atoms with Crippen LogP contribution in [0.5, 0.6) is 5.75 Å². The molecule has 2 rings (SSSR count). The fraction of sp³-hybridized carbons (Fsp3) is 0. The molecular weight excluding hydrogens is 191 g/mol. The van der Waals surface area contributed by atoms with Crippen molar-refractivity contribution in [2.75, 3.05) is 0 Å². The molecule has 0 bridgehead atoms. The number of benzene rings is 2. The molecule has 0 atom stereocenters. The maximum atomic E-state index is 13.2. The Morgan fingerprint density at radius 3 is 2.92 bits per heavy atom. The van der Waals surface area contributed by atoms with Crippen LogP contribution in [0.2, 0.25) is 5.02 Å². The minimum Gasteiger partial charge on any atom is -0.505 e. The van der Waals surface area contributed by atoms with Gasteiger partial charge in [0.15, 0.2) is 11.6 Å². The Bertz CT molecular complexity index is 468. The second-order valence-electron chi connectivity index (χ2n) is 2.65. The van der Waals surface area contributed by atoms with Crippen LogP contribution in [0.3, 0.4) is 0 Å². The lowest BCUT2D eigenvalue weighted by molar-refractivity contribution is 0.436. The number of halogens is 2. The van der Waals surface area contributed by atoms with Crippen molar-refractivity contribution in [2.24, 2.45) is 0 Å². The van der Waals surface area contributed by atoms with Crippen LogP contribution in [0.4, 0.5) is 4.39 Å². The van der Waals surface area contributed by atoms with Gasteiger partial charge >= 0.3 is 0 Å². The van der Waals surface area contributed by atoms with Crippen LogP contribution in [-0.2, 0) is 0 Å². The molecular formula is C10H5ClFO. The Hall–Kier alpha value is -1.28. The summed E-state index contributed by atoms with van der Waals surface area (Å²) in [5.74, 6) is -1.06. The zero-order chi connectivity index (χ0) is 9.42. The first kappa shape index (κ1) is 8.32. The summed E-state index contributed by atoms with van der Waals surface area (Å²) in [7, 11) is 0. The van der Waals surface area contributed by atoms with Gasteiger partial charge in [-0.05, 0) is 18.2 Å². The van der Waals surface area contributed by atoms with Crippen molar-refractivity contribution >= 4 is 22.4 Å². The Morgan fingerprint density at radius 2 is 2.15 bits per heavy atom. The van der Waals surface area contributed by atoms with E-state index in [-0.39, 0.29) is 5.39 Å². The summed E-state index contributed by atoms with van der Waals surface area (Å²) in [6.07, 6.45) is 0. The average molecular weight is 196 g/mol. The second-order valence-corrected chi connectivity index (χ2v) is 3.06. The highest BCUT2D eigenvalue weighted by atomic mass is 35.5. The highest BCUT2D eigenvalue weighted by Gasteiger charge is 2.07. The number of phenols is 1. The Balaban J connectivity index is 2.94. The first-order valence-corrected chi connectivity index (χ1v) is 4.05. The lowest BCUT2D eigenvalue weighted by atomic mass is 10.1. The molecule has 0 saturated carbocycles. The van der Waals surface area contributed by atoms with Gasteiger partial charge in [0.05, 0.1) is 0 Å². The molecule has 65 valence electrons. The molecule has 0 saturated heterocycles. The van der Waals surface area contributed by atoms with E-state index in [0.29, 0.717) is 10.4 Å². The molecule has 13 heavy (non-hydrogen) atoms. The standard InChI is InChI=1S/C10H5ClFO/c11-8-3-1-2-7-6(8)4-5-9(13)10(7)12/h1-3,5,13H. The summed E-state index contributed by atoms with van der Waals surface area (Å²) in [6, 6.07) is 8.70. The van der Waals surface area contributed by atoms with E-state index in [0.717, 1.165) is 0 Å². The number of fused-ring (bicyclic) bond motifs is 1. The molecule has 2 aromatic carbocycles. The Labute approximate surface area is 79.4 Å². The second kappa shape index (κ2) is 2.89. The van der Waals surface area contributed by atoms with Gasteiger partial charge in [-0.15, -0.1) is 0 Å². The maximum absolute atomic E-state index is 13.2. The number of rotatable bonds is 0. The van der Waals surface area contributed by atoms with Gasteiger partial charge in [0.25, 0.3) is 0 Å². The molecule has 0 aliphatic rings. The average Bonchev–Trinajstić information content (AvgIpc) is 2.12. The van der Waals surface area contributed by atoms with E-state index >= 15 is 0 Å². The van der Waals surface area contributed by atoms with Gasteiger partial charge < -0.3 is 5.11 Å². The molecule has 0 fully saturated rings. The summed E-state index contributed by atoms with van der Waals surface area (Å²) in [6.45, 7) is 0. The van der Waals surface area contributed by atoms with Crippen molar-refractivity contribution in [2.45, 2.75) is 0 Å². The molecule has 0 unspecified atom stereocenters. The molecule has 1 nitrogen and oxygen atoms in total. The largest absolute Gasteiger partial charge is 0.505 e. The van der Waals surface area contributed by atoms with Crippen molar-refractivity contribution in [3.8, 4) is 5.75 Å². The molecule has 1 N–H and O–H groups in total. The first-order chi connectivity index (χ1) is 6.20. The van der Waals surface area contributed by atoms with Gasteiger partial charge in [-0.3, -0.25) is 0 Å². The van der Waals surface area contributed by atoms with Crippen LogP contribution >= 0.6 is 11.6 Å². The normalized spacial score (nSPS) is 10.6. The predicted molar refractivity (Wildman–Crippen MR) is 49.4 cm³/mol. The third kappa shape index (κ3) is 1.23. The van der Waals surface area contributed by atoms with Gasteiger partial charge in [-0.25, -0.2) is 4.39 Å². The van der Waals surface area contributed by atoms with Crippen LogP contribution in [0, 0.1) is 11.9 Å². The van der Waals surface area contributed by atoms with Crippen molar-refractivity contribution in [1.82, 2.24) is 0 Å². The van der Waals surface area contributed by atoms with E-state index in [1.807, 2.05) is 0 Å². The SMILES string of the molecule is Oc1c[c]c2c(Cl)cccc2c1F. The molecule has 2 aromatic rings. The smallest absolute Gasteiger partial charge is 0.172 e. The quantitative estimate of drug-likeness (QED) is 0.685. The van der Waals surface area contributed by atoms with Crippen LogP contribution in [-0.4, -0.2) is 5.11 Å². The topological polar surface area (TPSA) is 20.2 Å². The molecule has 3 heteroatoms. The minimum atomic E-state index is -0.656. The van der Waals surface area contributed by atoms with E-state index in [4.69, 9.17) is 16.7 Å². The molecule has 0 aliphatic carbocycles. The van der Waals surface area contributed by atoms with E-state index < -0.39 is 11.6 Å². The van der Waals surface area contributed by atoms with Crippen molar-refractivity contribution < 1.29 is 9.50 Å². The summed E-state index contributed by atoms with van der Waals surface area (Å²) >= 11 is 5.80. The third-order valence-corrected chi connectivity index (χ3v) is 2.14. The van der Waals surface area contributed by atoms with Gasteiger partial charge in [0.1, 0.15) is 0 Å². The molecule has 0 aromatic heterocycles. The fourth-order valence-corrected chi connectivity index (χ4v) is 1.42. The van der Waals surface area contributed by atoms with Gasteiger partial charge in [0.2, 0.25) is 0 Å². The zero-order valence-electron chi connectivity index (χ0n) is 6.51. The number of hydrogen-bond donors (Lipinski definition) is 1. The van der Waals surface area contributed by atoms with Crippen LogP contribution in [0.1, 0.15) is 0 Å². The molecule has 1 radical (unpaired) electrons. The van der Waals surface area contributed by atoms with Crippen molar-refractivity contribution in [3.05, 3.63) is 41.2 Å². The van der Waals surface area contributed by atoms with Crippen LogP contribution < -0.4 is 0 Å². The summed E-state index contributed by atoms with van der Waals surface area (Å²) in [4.78, 5) is 0. The maximum Gasteiger partial charge on any atom is 0.172 e. The Kier molecular flexibility index (Phi) is 1.85. The van der Waals surface area contributed by atoms with E-state index in [1.165, 1.54) is 6.07 Å². The minimum absolute atomic E-state index is 0.285. The van der Waals surface area contributed by atoms with Gasteiger partial charge in [0, 0.05) is 15.8 Å². The molecule has 0 spiro atoms. The number of phenolic OH excluding ortho intramolecular Hbond substituents is 1. The molecule has 0 aliphatic heterocycles.